The van der Waals surface area contributed by atoms with Gasteiger partial charge in [0.2, 0.25) is 0 Å². The number of carbonyl (C=O) groups is 1. The van der Waals surface area contributed by atoms with E-state index in [0.29, 0.717) is 6.54 Å². The number of para-hydroxylation sites is 1. The van der Waals surface area contributed by atoms with Crippen LogP contribution in [0.15, 0.2) is 54.7 Å². The van der Waals surface area contributed by atoms with Gasteiger partial charge >= 0.3 is 0 Å². The number of rotatable bonds is 4. The lowest BCUT2D eigenvalue weighted by Crippen LogP contribution is -2.14. The molecule has 0 aliphatic carbocycles. The highest BCUT2D eigenvalue weighted by molar-refractivity contribution is 6.09. The molecule has 0 radical (unpaired) electrons. The Kier molecular flexibility index (Phi) is 4.18. The number of Topliss-reactive ketones (excluding diaryl/α,β-unsaturated/α-hetero) is 1. The monoisotopic (exact) mass is 320 g/mol. The van der Waals surface area contributed by atoms with Crippen LogP contribution in [0, 0.1) is 0 Å². The molecular formula is C21H24N2O. The summed E-state index contributed by atoms with van der Waals surface area (Å²) in [5.74, 6) is 0.103. The van der Waals surface area contributed by atoms with Gasteiger partial charge in [-0.2, -0.15) is 0 Å². The van der Waals surface area contributed by atoms with E-state index in [0.717, 1.165) is 22.2 Å². The van der Waals surface area contributed by atoms with Crippen LogP contribution in [-0.2, 0) is 12.5 Å². The Hall–Kier alpha value is -2.55. The molecule has 0 saturated carbocycles. The van der Waals surface area contributed by atoms with Gasteiger partial charge in [-0.1, -0.05) is 51.1 Å². The third kappa shape index (κ3) is 3.21. The molecule has 0 unspecified atom stereocenters. The Morgan fingerprint density at radius 2 is 1.71 bits per heavy atom. The molecule has 3 nitrogen and oxygen atoms in total. The van der Waals surface area contributed by atoms with Crippen molar-refractivity contribution in [3.63, 3.8) is 0 Å². The van der Waals surface area contributed by atoms with Crippen LogP contribution in [0.2, 0.25) is 0 Å². The van der Waals surface area contributed by atoms with Crippen molar-refractivity contribution in [2.75, 3.05) is 11.9 Å². The predicted molar refractivity (Wildman–Crippen MR) is 101 cm³/mol. The number of ketones is 1. The highest BCUT2D eigenvalue weighted by Gasteiger charge is 2.14. The molecule has 3 aromatic rings. The number of nitrogens with one attached hydrogen (secondary N) is 1. The van der Waals surface area contributed by atoms with Gasteiger partial charge in [0, 0.05) is 35.4 Å². The lowest BCUT2D eigenvalue weighted by Gasteiger charge is -2.19. The quantitative estimate of drug-likeness (QED) is 0.703. The SMILES string of the molecule is Cn1cc(C(=O)CNc2ccc(C(C)(C)C)cc2)c2ccccc21. The number of benzene rings is 2. The Morgan fingerprint density at radius 3 is 2.38 bits per heavy atom. The van der Waals surface area contributed by atoms with Gasteiger partial charge in [0.25, 0.3) is 0 Å². The first kappa shape index (κ1) is 16.3. The molecule has 0 bridgehead atoms. The maximum absolute atomic E-state index is 12.6. The highest BCUT2D eigenvalue weighted by Crippen LogP contribution is 2.24. The highest BCUT2D eigenvalue weighted by atomic mass is 16.1. The molecule has 0 amide bonds. The summed E-state index contributed by atoms with van der Waals surface area (Å²) in [6.07, 6.45) is 1.91. The molecule has 0 aliphatic heterocycles. The smallest absolute Gasteiger partial charge is 0.184 e. The maximum Gasteiger partial charge on any atom is 0.184 e. The predicted octanol–water partition coefficient (Wildman–Crippen LogP) is 4.77. The summed E-state index contributed by atoms with van der Waals surface area (Å²) in [5, 5.41) is 4.25. The van der Waals surface area contributed by atoms with Crippen LogP contribution in [0.3, 0.4) is 0 Å². The molecule has 24 heavy (non-hydrogen) atoms. The summed E-state index contributed by atoms with van der Waals surface area (Å²) in [4.78, 5) is 12.6. The van der Waals surface area contributed by atoms with Crippen molar-refractivity contribution in [1.82, 2.24) is 4.57 Å². The standard InChI is InChI=1S/C21H24N2O/c1-21(2,3)15-9-11-16(12-10-15)22-13-20(24)18-14-23(4)19-8-6-5-7-17(18)19/h5-12,14,22H,13H2,1-4H3. The summed E-state index contributed by atoms with van der Waals surface area (Å²) in [5.41, 5.74) is 4.24. The van der Waals surface area contributed by atoms with E-state index >= 15 is 0 Å². The second-order valence-corrected chi connectivity index (χ2v) is 7.27. The van der Waals surface area contributed by atoms with Gasteiger partial charge < -0.3 is 9.88 Å². The molecule has 0 fully saturated rings. The van der Waals surface area contributed by atoms with Crippen LogP contribution in [0.5, 0.6) is 0 Å². The van der Waals surface area contributed by atoms with Crippen molar-refractivity contribution in [2.45, 2.75) is 26.2 Å². The van der Waals surface area contributed by atoms with Gasteiger partial charge in [-0.3, -0.25) is 4.79 Å². The van der Waals surface area contributed by atoms with E-state index in [9.17, 15) is 4.79 Å². The van der Waals surface area contributed by atoms with E-state index in [4.69, 9.17) is 0 Å². The van der Waals surface area contributed by atoms with Crippen LogP contribution in [0.4, 0.5) is 5.69 Å². The van der Waals surface area contributed by atoms with E-state index in [2.05, 4.69) is 38.2 Å². The Balaban J connectivity index is 1.73. The molecule has 1 heterocycles. The molecule has 0 atom stereocenters. The molecule has 3 rings (SSSR count). The molecular weight excluding hydrogens is 296 g/mol. The van der Waals surface area contributed by atoms with Crippen LogP contribution >= 0.6 is 0 Å². The number of carbonyl (C=O) groups excluding carboxylic acids is 1. The second-order valence-electron chi connectivity index (χ2n) is 7.27. The van der Waals surface area contributed by atoms with Crippen LogP contribution in [0.1, 0.15) is 36.7 Å². The molecule has 2 aromatic carbocycles. The van der Waals surface area contributed by atoms with Crippen LogP contribution in [0.25, 0.3) is 10.9 Å². The van der Waals surface area contributed by atoms with Gasteiger partial charge in [-0.05, 0) is 29.2 Å². The van der Waals surface area contributed by atoms with Gasteiger partial charge in [-0.25, -0.2) is 0 Å². The Labute approximate surface area is 143 Å². The number of hydrogen-bond acceptors (Lipinski definition) is 2. The zero-order chi connectivity index (χ0) is 17.3. The summed E-state index contributed by atoms with van der Waals surface area (Å²) in [7, 11) is 1.97. The number of hydrogen-bond donors (Lipinski definition) is 1. The number of fused-ring (bicyclic) bond motifs is 1. The van der Waals surface area contributed by atoms with Gasteiger partial charge in [-0.15, -0.1) is 0 Å². The Bertz CT molecular complexity index is 867. The number of anilines is 1. The van der Waals surface area contributed by atoms with Crippen molar-refractivity contribution in [2.24, 2.45) is 7.05 Å². The van der Waals surface area contributed by atoms with E-state index in [1.54, 1.807) is 0 Å². The molecule has 124 valence electrons. The van der Waals surface area contributed by atoms with Gasteiger partial charge in [0.1, 0.15) is 0 Å². The maximum atomic E-state index is 12.6. The van der Waals surface area contributed by atoms with Crippen LogP contribution in [-0.4, -0.2) is 16.9 Å². The van der Waals surface area contributed by atoms with Crippen molar-refractivity contribution >= 4 is 22.4 Å². The molecule has 0 saturated heterocycles. The van der Waals surface area contributed by atoms with Crippen molar-refractivity contribution in [3.05, 3.63) is 65.9 Å². The zero-order valence-electron chi connectivity index (χ0n) is 14.8. The van der Waals surface area contributed by atoms with E-state index in [1.165, 1.54) is 5.56 Å². The summed E-state index contributed by atoms with van der Waals surface area (Å²) in [6, 6.07) is 16.3. The number of aromatic nitrogens is 1. The van der Waals surface area contributed by atoms with Crippen molar-refractivity contribution in [3.8, 4) is 0 Å². The third-order valence-corrected chi connectivity index (χ3v) is 4.40. The molecule has 0 spiro atoms. The normalized spacial score (nSPS) is 11.7. The first-order valence-electron chi connectivity index (χ1n) is 8.28. The van der Waals surface area contributed by atoms with E-state index < -0.39 is 0 Å². The zero-order valence-corrected chi connectivity index (χ0v) is 14.8. The lowest BCUT2D eigenvalue weighted by atomic mass is 9.87. The topological polar surface area (TPSA) is 34.0 Å². The first-order valence-corrected chi connectivity index (χ1v) is 8.28. The summed E-state index contributed by atoms with van der Waals surface area (Å²) >= 11 is 0. The fourth-order valence-electron chi connectivity index (χ4n) is 2.93. The average molecular weight is 320 g/mol. The average Bonchev–Trinajstić information content (AvgIpc) is 2.90. The van der Waals surface area contributed by atoms with E-state index in [1.807, 2.05) is 54.2 Å². The fourth-order valence-corrected chi connectivity index (χ4v) is 2.93. The number of aryl methyl sites for hydroxylation is 1. The largest absolute Gasteiger partial charge is 0.378 e. The summed E-state index contributed by atoms with van der Waals surface area (Å²) in [6.45, 7) is 6.88. The van der Waals surface area contributed by atoms with Gasteiger partial charge in [0.15, 0.2) is 5.78 Å². The second kappa shape index (κ2) is 6.16. The number of nitrogens with zero attached hydrogens (tertiary/aromatic N) is 1. The minimum Gasteiger partial charge on any atom is -0.378 e. The minimum atomic E-state index is 0.103. The van der Waals surface area contributed by atoms with Crippen LogP contribution < -0.4 is 5.32 Å². The molecule has 1 aromatic heterocycles. The first-order chi connectivity index (χ1) is 11.4. The van der Waals surface area contributed by atoms with E-state index in [-0.39, 0.29) is 11.2 Å². The molecule has 1 N–H and O–H groups in total. The minimum absolute atomic E-state index is 0.103. The molecule has 0 aliphatic rings. The van der Waals surface area contributed by atoms with Crippen molar-refractivity contribution < 1.29 is 4.79 Å². The fraction of sp³-hybridized carbons (Fsp3) is 0.286. The summed E-state index contributed by atoms with van der Waals surface area (Å²) < 4.78 is 2.00. The lowest BCUT2D eigenvalue weighted by molar-refractivity contribution is 0.101. The van der Waals surface area contributed by atoms with Gasteiger partial charge in [0.05, 0.1) is 6.54 Å². The molecule has 3 heteroatoms. The Morgan fingerprint density at radius 1 is 1.04 bits per heavy atom. The van der Waals surface area contributed by atoms with Crippen molar-refractivity contribution in [1.29, 1.82) is 0 Å². The third-order valence-electron chi connectivity index (χ3n) is 4.40.